The standard InChI is InChI=1S/C14H23N5O8S2/c15-5(1-9(16)20)11(23)18-7(3-28)13(25)17-6(2-10(21)22)12(24)19-8(4-29)14(26)27/h5-8,28-29H,1-4,15H2,(H2,16,20)(H,17,25)(H,18,23)(H,19,24)(H,21,22)(H,26,27). The van der Waals surface area contributed by atoms with Crippen molar-refractivity contribution in [2.45, 2.75) is 37.0 Å². The maximum Gasteiger partial charge on any atom is 0.327 e. The first-order valence-electron chi connectivity index (χ1n) is 8.04. The number of nitrogens with two attached hydrogens (primary N) is 2. The molecule has 0 bridgehead atoms. The van der Waals surface area contributed by atoms with Crippen LogP contribution in [0.25, 0.3) is 0 Å². The van der Waals surface area contributed by atoms with Crippen LogP contribution in [0.5, 0.6) is 0 Å². The Hall–Kier alpha value is -2.52. The Balaban J connectivity index is 5.19. The highest BCUT2D eigenvalue weighted by molar-refractivity contribution is 7.80. The van der Waals surface area contributed by atoms with Crippen LogP contribution in [0.4, 0.5) is 0 Å². The molecule has 0 rings (SSSR count). The van der Waals surface area contributed by atoms with Gasteiger partial charge in [-0.2, -0.15) is 25.3 Å². The fourth-order valence-electron chi connectivity index (χ4n) is 1.90. The third-order valence-electron chi connectivity index (χ3n) is 3.38. The zero-order valence-electron chi connectivity index (χ0n) is 15.0. The Morgan fingerprint density at radius 1 is 0.759 bits per heavy atom. The number of carbonyl (C=O) groups excluding carboxylic acids is 4. The van der Waals surface area contributed by atoms with Crippen molar-refractivity contribution in [3.63, 3.8) is 0 Å². The minimum absolute atomic E-state index is 0.253. The predicted molar refractivity (Wildman–Crippen MR) is 105 cm³/mol. The van der Waals surface area contributed by atoms with Gasteiger partial charge in [0.25, 0.3) is 0 Å². The molecule has 0 saturated carbocycles. The van der Waals surface area contributed by atoms with Gasteiger partial charge in [0.15, 0.2) is 0 Å². The number of carbonyl (C=O) groups is 6. The van der Waals surface area contributed by atoms with Crippen molar-refractivity contribution < 1.29 is 39.0 Å². The summed E-state index contributed by atoms with van der Waals surface area (Å²) in [6.07, 6.45) is -1.33. The first-order valence-corrected chi connectivity index (χ1v) is 9.30. The number of primary amides is 1. The number of rotatable bonds is 13. The van der Waals surface area contributed by atoms with E-state index in [1.54, 1.807) is 0 Å². The van der Waals surface area contributed by atoms with Gasteiger partial charge in [0.1, 0.15) is 18.1 Å². The second kappa shape index (κ2) is 12.8. The summed E-state index contributed by atoms with van der Waals surface area (Å²) in [5.74, 6) is -7.15. The molecule has 0 spiro atoms. The minimum Gasteiger partial charge on any atom is -0.481 e. The predicted octanol–water partition coefficient (Wildman–Crippen LogP) is -3.94. The van der Waals surface area contributed by atoms with Crippen molar-refractivity contribution in [2.24, 2.45) is 11.5 Å². The zero-order valence-corrected chi connectivity index (χ0v) is 16.8. The average molecular weight is 453 g/mol. The molecule has 0 aromatic rings. The van der Waals surface area contributed by atoms with Crippen molar-refractivity contribution in [2.75, 3.05) is 11.5 Å². The van der Waals surface area contributed by atoms with E-state index in [1.165, 1.54) is 0 Å². The summed E-state index contributed by atoms with van der Waals surface area (Å²) in [6.45, 7) is 0. The van der Waals surface area contributed by atoms with E-state index in [0.717, 1.165) is 0 Å². The third-order valence-corrected chi connectivity index (χ3v) is 4.11. The SMILES string of the molecule is NC(=O)CC(N)C(=O)NC(CS)C(=O)NC(CC(=O)O)C(=O)NC(CS)C(=O)O. The lowest BCUT2D eigenvalue weighted by Gasteiger charge is -2.23. The van der Waals surface area contributed by atoms with Gasteiger partial charge in [-0.3, -0.25) is 24.0 Å². The van der Waals surface area contributed by atoms with E-state index in [1.807, 2.05) is 5.32 Å². The molecule has 0 aliphatic heterocycles. The minimum atomic E-state index is -1.64. The second-order valence-electron chi connectivity index (χ2n) is 5.76. The van der Waals surface area contributed by atoms with Crippen LogP contribution in [0.3, 0.4) is 0 Å². The molecule has 4 atom stereocenters. The molecule has 15 heteroatoms. The summed E-state index contributed by atoms with van der Waals surface area (Å²) in [7, 11) is 0. The quantitative estimate of drug-likeness (QED) is 0.124. The van der Waals surface area contributed by atoms with Gasteiger partial charge in [-0.1, -0.05) is 0 Å². The highest BCUT2D eigenvalue weighted by Crippen LogP contribution is 2.00. The third kappa shape index (κ3) is 10.00. The molecule has 29 heavy (non-hydrogen) atoms. The lowest BCUT2D eigenvalue weighted by atomic mass is 10.1. The summed E-state index contributed by atoms with van der Waals surface area (Å²) in [5.41, 5.74) is 10.4. The Bertz CT molecular complexity index is 662. The van der Waals surface area contributed by atoms with Gasteiger partial charge < -0.3 is 37.6 Å². The Kier molecular flexibility index (Phi) is 11.7. The van der Waals surface area contributed by atoms with E-state index < -0.39 is 72.6 Å². The number of hydrogen-bond donors (Lipinski definition) is 9. The molecule has 0 aliphatic carbocycles. The summed E-state index contributed by atoms with van der Waals surface area (Å²) < 4.78 is 0. The van der Waals surface area contributed by atoms with Gasteiger partial charge in [0.05, 0.1) is 18.9 Å². The molecule has 0 aliphatic rings. The maximum absolute atomic E-state index is 12.3. The van der Waals surface area contributed by atoms with E-state index in [-0.39, 0.29) is 11.5 Å². The Morgan fingerprint density at radius 2 is 1.21 bits per heavy atom. The van der Waals surface area contributed by atoms with Gasteiger partial charge in [-0.05, 0) is 0 Å². The van der Waals surface area contributed by atoms with Crippen LogP contribution in [0, 0.1) is 0 Å². The van der Waals surface area contributed by atoms with Gasteiger partial charge >= 0.3 is 11.9 Å². The van der Waals surface area contributed by atoms with Crippen molar-refractivity contribution in [3.8, 4) is 0 Å². The van der Waals surface area contributed by atoms with Crippen molar-refractivity contribution in [3.05, 3.63) is 0 Å². The molecule has 0 radical (unpaired) electrons. The van der Waals surface area contributed by atoms with E-state index in [2.05, 4.69) is 35.9 Å². The molecule has 13 nitrogen and oxygen atoms in total. The van der Waals surface area contributed by atoms with E-state index in [0.29, 0.717) is 0 Å². The largest absolute Gasteiger partial charge is 0.481 e. The van der Waals surface area contributed by atoms with Crippen LogP contribution in [-0.4, -0.2) is 81.5 Å². The molecular weight excluding hydrogens is 430 g/mol. The highest BCUT2D eigenvalue weighted by atomic mass is 32.1. The number of carboxylic acids is 2. The Morgan fingerprint density at radius 3 is 1.62 bits per heavy atom. The van der Waals surface area contributed by atoms with Crippen LogP contribution >= 0.6 is 25.3 Å². The van der Waals surface area contributed by atoms with Crippen LogP contribution in [0.15, 0.2) is 0 Å². The van der Waals surface area contributed by atoms with Crippen LogP contribution in [0.1, 0.15) is 12.8 Å². The normalized spacial score (nSPS) is 14.6. The molecular formula is C14H23N5O8S2. The van der Waals surface area contributed by atoms with Gasteiger partial charge in [0.2, 0.25) is 23.6 Å². The average Bonchev–Trinajstić information content (AvgIpc) is 2.61. The molecule has 164 valence electrons. The van der Waals surface area contributed by atoms with Crippen LogP contribution < -0.4 is 27.4 Å². The number of carboxylic acid groups (broad SMARTS) is 2. The van der Waals surface area contributed by atoms with Crippen molar-refractivity contribution in [1.29, 1.82) is 0 Å². The number of thiol groups is 2. The van der Waals surface area contributed by atoms with Crippen molar-refractivity contribution in [1.82, 2.24) is 16.0 Å². The van der Waals surface area contributed by atoms with Crippen molar-refractivity contribution >= 4 is 60.8 Å². The van der Waals surface area contributed by atoms with E-state index >= 15 is 0 Å². The molecule has 4 unspecified atom stereocenters. The first-order chi connectivity index (χ1) is 13.4. The summed E-state index contributed by atoms with van der Waals surface area (Å²) in [5, 5.41) is 24.2. The number of amides is 4. The molecule has 4 amide bonds. The summed E-state index contributed by atoms with van der Waals surface area (Å²) >= 11 is 7.66. The fraction of sp³-hybridized carbons (Fsp3) is 0.571. The van der Waals surface area contributed by atoms with Gasteiger partial charge in [0, 0.05) is 11.5 Å². The lowest BCUT2D eigenvalue weighted by molar-refractivity contribution is -0.143. The molecule has 0 fully saturated rings. The van der Waals surface area contributed by atoms with Crippen LogP contribution in [0.2, 0.25) is 0 Å². The molecule has 0 aromatic carbocycles. The molecule has 0 aromatic heterocycles. The highest BCUT2D eigenvalue weighted by Gasteiger charge is 2.31. The Labute approximate surface area is 176 Å². The molecule has 0 saturated heterocycles. The fourth-order valence-corrected chi connectivity index (χ4v) is 2.40. The number of nitrogens with one attached hydrogen (secondary N) is 3. The zero-order chi connectivity index (χ0) is 22.7. The van der Waals surface area contributed by atoms with E-state index in [9.17, 15) is 28.8 Å². The lowest BCUT2D eigenvalue weighted by Crippen LogP contribution is -2.58. The van der Waals surface area contributed by atoms with E-state index in [4.69, 9.17) is 21.7 Å². The van der Waals surface area contributed by atoms with Crippen LogP contribution in [-0.2, 0) is 28.8 Å². The number of hydrogen-bond acceptors (Lipinski definition) is 9. The number of aliphatic carboxylic acids is 2. The first kappa shape index (κ1) is 26.5. The topological polar surface area (TPSA) is 231 Å². The molecule has 0 heterocycles. The maximum atomic E-state index is 12.3. The van der Waals surface area contributed by atoms with Gasteiger partial charge in [-0.15, -0.1) is 0 Å². The monoisotopic (exact) mass is 453 g/mol. The summed E-state index contributed by atoms with van der Waals surface area (Å²) in [6, 6.07) is -5.70. The summed E-state index contributed by atoms with van der Waals surface area (Å²) in [4.78, 5) is 69.2. The second-order valence-corrected chi connectivity index (χ2v) is 6.49. The van der Waals surface area contributed by atoms with Gasteiger partial charge in [-0.25, -0.2) is 4.79 Å². The smallest absolute Gasteiger partial charge is 0.327 e. The molecule has 9 N–H and O–H groups in total.